The van der Waals surface area contributed by atoms with Crippen molar-refractivity contribution in [1.29, 1.82) is 0 Å². The third kappa shape index (κ3) is 3.60. The molecule has 1 saturated heterocycles. The minimum Gasteiger partial charge on any atom is -0.395 e. The first-order valence-electron chi connectivity index (χ1n) is 8.82. The monoisotopic (exact) mass is 315 g/mol. The minimum atomic E-state index is 0.192. The third-order valence-corrected chi connectivity index (χ3v) is 4.98. The van der Waals surface area contributed by atoms with Crippen molar-refractivity contribution < 1.29 is 5.11 Å². The number of rotatable bonds is 6. The number of benzene rings is 1. The lowest BCUT2D eigenvalue weighted by molar-refractivity contribution is 0.238. The molecular weight excluding hydrogens is 286 g/mol. The summed E-state index contributed by atoms with van der Waals surface area (Å²) in [7, 11) is 0. The fraction of sp³-hybridized carbons (Fsp3) is 0.579. The van der Waals surface area contributed by atoms with E-state index in [4.69, 9.17) is 0 Å². The first kappa shape index (κ1) is 16.5. The van der Waals surface area contributed by atoms with Gasteiger partial charge in [0.05, 0.1) is 12.1 Å². The number of aromatic nitrogens is 1. The van der Waals surface area contributed by atoms with Gasteiger partial charge < -0.3 is 19.9 Å². The van der Waals surface area contributed by atoms with Gasteiger partial charge in [-0.15, -0.1) is 0 Å². The zero-order valence-electron chi connectivity index (χ0n) is 14.4. The molecule has 1 aliphatic heterocycles. The molecule has 23 heavy (non-hydrogen) atoms. The van der Waals surface area contributed by atoms with Crippen LogP contribution in [0.2, 0.25) is 0 Å². The van der Waals surface area contributed by atoms with Crippen LogP contribution >= 0.6 is 0 Å². The van der Waals surface area contributed by atoms with E-state index in [-0.39, 0.29) is 6.61 Å². The average molecular weight is 315 g/mol. The van der Waals surface area contributed by atoms with Crippen molar-refractivity contribution in [3.05, 3.63) is 35.0 Å². The van der Waals surface area contributed by atoms with Crippen molar-refractivity contribution in [3.8, 4) is 0 Å². The quantitative estimate of drug-likeness (QED) is 0.857. The Morgan fingerprint density at radius 1 is 1.09 bits per heavy atom. The van der Waals surface area contributed by atoms with Gasteiger partial charge in [-0.25, -0.2) is 0 Å². The second-order valence-corrected chi connectivity index (χ2v) is 6.69. The lowest BCUT2D eigenvalue weighted by Crippen LogP contribution is -2.43. The molecule has 0 saturated carbocycles. The summed E-state index contributed by atoms with van der Waals surface area (Å²) < 4.78 is 2.23. The minimum absolute atomic E-state index is 0.192. The maximum Gasteiger partial charge on any atom is 0.0610 e. The Bertz CT molecular complexity index is 656. The first-order valence-corrected chi connectivity index (χ1v) is 8.82. The summed E-state index contributed by atoms with van der Waals surface area (Å²) in [4.78, 5) is 2.56. The van der Waals surface area contributed by atoms with Crippen molar-refractivity contribution in [2.45, 2.75) is 33.2 Å². The molecule has 126 valence electrons. The normalized spacial score (nSPS) is 16.3. The molecule has 4 nitrogen and oxygen atoms in total. The van der Waals surface area contributed by atoms with Crippen LogP contribution in [0, 0.1) is 13.8 Å². The van der Waals surface area contributed by atoms with Crippen LogP contribution < -0.4 is 5.32 Å². The molecule has 1 fully saturated rings. The Morgan fingerprint density at radius 2 is 1.83 bits per heavy atom. The molecule has 0 amide bonds. The van der Waals surface area contributed by atoms with Gasteiger partial charge in [0.25, 0.3) is 0 Å². The summed E-state index contributed by atoms with van der Waals surface area (Å²) in [5.41, 5.74) is 5.38. The van der Waals surface area contributed by atoms with Gasteiger partial charge in [0.15, 0.2) is 0 Å². The molecule has 3 rings (SSSR count). The predicted molar refractivity (Wildman–Crippen MR) is 96.1 cm³/mol. The summed E-state index contributed by atoms with van der Waals surface area (Å²) >= 11 is 0. The Balaban J connectivity index is 1.78. The summed E-state index contributed by atoms with van der Waals surface area (Å²) in [5, 5.41) is 14.2. The van der Waals surface area contributed by atoms with Crippen LogP contribution in [-0.4, -0.2) is 53.9 Å². The summed E-state index contributed by atoms with van der Waals surface area (Å²) in [6.45, 7) is 11.0. The Hall–Kier alpha value is -1.36. The highest BCUT2D eigenvalue weighted by molar-refractivity contribution is 5.89. The molecule has 1 aromatic carbocycles. The van der Waals surface area contributed by atoms with Gasteiger partial charge in [-0.1, -0.05) is 12.1 Å². The molecule has 1 aliphatic rings. The van der Waals surface area contributed by atoms with Gasteiger partial charge in [-0.3, -0.25) is 0 Å². The molecule has 0 bridgehead atoms. The smallest absolute Gasteiger partial charge is 0.0610 e. The lowest BCUT2D eigenvalue weighted by atomic mass is 10.0. The van der Waals surface area contributed by atoms with Gasteiger partial charge in [0.1, 0.15) is 0 Å². The van der Waals surface area contributed by atoms with E-state index in [1.54, 1.807) is 0 Å². The van der Waals surface area contributed by atoms with E-state index in [2.05, 4.69) is 47.0 Å². The number of nitrogens with zero attached hydrogens (tertiary/aromatic N) is 2. The van der Waals surface area contributed by atoms with E-state index >= 15 is 0 Å². The van der Waals surface area contributed by atoms with Crippen molar-refractivity contribution in [1.82, 2.24) is 14.8 Å². The van der Waals surface area contributed by atoms with Crippen molar-refractivity contribution >= 4 is 10.9 Å². The number of fused-ring (bicyclic) bond motifs is 1. The van der Waals surface area contributed by atoms with Gasteiger partial charge in [0.2, 0.25) is 0 Å². The van der Waals surface area contributed by atoms with Gasteiger partial charge in [0, 0.05) is 44.3 Å². The summed E-state index contributed by atoms with van der Waals surface area (Å²) in [5.74, 6) is 0. The standard InChI is InChI=1S/C19H29N3O/c1-15-5-6-16(2)19-18(15)17(14-22(19)12-13-23)4-3-9-21-10-7-20-8-11-21/h5-6,14,20,23H,3-4,7-13H2,1-2H3. The molecule has 0 unspecified atom stereocenters. The molecule has 2 aromatic rings. The number of aliphatic hydroxyl groups is 1. The van der Waals surface area contributed by atoms with Gasteiger partial charge in [-0.05, 0) is 49.9 Å². The zero-order chi connectivity index (χ0) is 16.2. The topological polar surface area (TPSA) is 40.4 Å². The van der Waals surface area contributed by atoms with Crippen LogP contribution in [0.25, 0.3) is 10.9 Å². The molecule has 2 N–H and O–H groups in total. The second-order valence-electron chi connectivity index (χ2n) is 6.69. The van der Waals surface area contributed by atoms with Gasteiger partial charge >= 0.3 is 0 Å². The largest absolute Gasteiger partial charge is 0.395 e. The van der Waals surface area contributed by atoms with Gasteiger partial charge in [-0.2, -0.15) is 0 Å². The number of nitrogens with one attached hydrogen (secondary N) is 1. The number of aliphatic hydroxyl groups excluding tert-OH is 1. The fourth-order valence-corrected chi connectivity index (χ4v) is 3.79. The lowest BCUT2D eigenvalue weighted by Gasteiger charge is -2.27. The summed E-state index contributed by atoms with van der Waals surface area (Å²) in [6.07, 6.45) is 4.58. The van der Waals surface area contributed by atoms with Crippen molar-refractivity contribution in [3.63, 3.8) is 0 Å². The molecule has 0 aliphatic carbocycles. The maximum atomic E-state index is 9.36. The van der Waals surface area contributed by atoms with E-state index in [0.29, 0.717) is 6.54 Å². The van der Waals surface area contributed by atoms with Crippen molar-refractivity contribution in [2.75, 3.05) is 39.3 Å². The average Bonchev–Trinajstić information content (AvgIpc) is 2.92. The highest BCUT2D eigenvalue weighted by Gasteiger charge is 2.14. The van der Waals surface area contributed by atoms with Crippen LogP contribution in [0.4, 0.5) is 0 Å². The Kier molecular flexibility index (Phi) is 5.36. The van der Waals surface area contributed by atoms with Crippen LogP contribution in [0.1, 0.15) is 23.1 Å². The Morgan fingerprint density at radius 3 is 2.57 bits per heavy atom. The predicted octanol–water partition coefficient (Wildman–Crippen LogP) is 2.09. The zero-order valence-corrected chi connectivity index (χ0v) is 14.4. The SMILES string of the molecule is Cc1ccc(C)c2c1c(CCCN1CCNCC1)cn2CCO. The van der Waals surface area contributed by atoms with Crippen LogP contribution in [0.5, 0.6) is 0 Å². The highest BCUT2D eigenvalue weighted by Crippen LogP contribution is 2.28. The van der Waals surface area contributed by atoms with Crippen LogP contribution in [0.15, 0.2) is 18.3 Å². The second kappa shape index (κ2) is 7.47. The van der Waals surface area contributed by atoms with E-state index in [1.807, 2.05) is 0 Å². The van der Waals surface area contributed by atoms with E-state index in [0.717, 1.165) is 19.5 Å². The molecule has 0 radical (unpaired) electrons. The first-order chi connectivity index (χ1) is 11.2. The highest BCUT2D eigenvalue weighted by atomic mass is 16.3. The number of aryl methyl sites for hydroxylation is 3. The molecule has 0 spiro atoms. The Labute approximate surface area is 139 Å². The molecule has 1 aromatic heterocycles. The molecular formula is C19H29N3O. The van der Waals surface area contributed by atoms with Crippen molar-refractivity contribution in [2.24, 2.45) is 0 Å². The fourth-order valence-electron chi connectivity index (χ4n) is 3.79. The number of piperazine rings is 1. The number of hydrogen-bond donors (Lipinski definition) is 2. The molecule has 2 heterocycles. The van der Waals surface area contributed by atoms with E-state index < -0.39 is 0 Å². The maximum absolute atomic E-state index is 9.36. The molecule has 0 atom stereocenters. The van der Waals surface area contributed by atoms with Crippen LogP contribution in [0.3, 0.4) is 0 Å². The number of hydrogen-bond acceptors (Lipinski definition) is 3. The van der Waals surface area contributed by atoms with E-state index in [1.165, 1.54) is 53.6 Å². The van der Waals surface area contributed by atoms with E-state index in [9.17, 15) is 5.11 Å². The van der Waals surface area contributed by atoms with Crippen LogP contribution in [-0.2, 0) is 13.0 Å². The molecule has 4 heteroatoms. The summed E-state index contributed by atoms with van der Waals surface area (Å²) in [6, 6.07) is 4.41. The third-order valence-electron chi connectivity index (χ3n) is 4.98.